The van der Waals surface area contributed by atoms with Gasteiger partial charge in [-0.3, -0.25) is 9.59 Å². The van der Waals surface area contributed by atoms with Gasteiger partial charge in [0.2, 0.25) is 0 Å². The fourth-order valence-electron chi connectivity index (χ4n) is 2.38. The Morgan fingerprint density at radius 2 is 2.12 bits per heavy atom. The highest BCUT2D eigenvalue weighted by Crippen LogP contribution is 2.15. The highest BCUT2D eigenvalue weighted by molar-refractivity contribution is 5.82. The molecule has 0 unspecified atom stereocenters. The predicted molar refractivity (Wildman–Crippen MR) is 91.9 cm³/mol. The Hall–Kier alpha value is -3.02. The van der Waals surface area contributed by atoms with Gasteiger partial charge in [0.05, 0.1) is 12.5 Å². The van der Waals surface area contributed by atoms with Crippen LogP contribution >= 0.6 is 0 Å². The summed E-state index contributed by atoms with van der Waals surface area (Å²) in [6.45, 7) is 8.43. The number of rotatable bonds is 6. The van der Waals surface area contributed by atoms with Crippen LogP contribution in [0.15, 0.2) is 6.33 Å². The molecule has 26 heavy (non-hydrogen) atoms. The molecular weight excluding hydrogens is 336 g/mol. The van der Waals surface area contributed by atoms with E-state index in [-0.39, 0.29) is 12.3 Å². The number of aromatic nitrogens is 4. The summed E-state index contributed by atoms with van der Waals surface area (Å²) in [5.74, 6) is -0.705. The Morgan fingerprint density at radius 1 is 1.42 bits per heavy atom. The fraction of sp³-hybridized carbons (Fsp3) is 0.529. The highest BCUT2D eigenvalue weighted by atomic mass is 16.5. The van der Waals surface area contributed by atoms with Crippen LogP contribution in [-0.2, 0) is 20.7 Å². The van der Waals surface area contributed by atoms with Crippen molar-refractivity contribution in [3.8, 4) is 6.07 Å². The van der Waals surface area contributed by atoms with Crippen LogP contribution in [0.1, 0.15) is 37.7 Å². The molecule has 2 heterocycles. The number of carbonyl (C=O) groups excluding carboxylic acids is 2. The van der Waals surface area contributed by atoms with Crippen LogP contribution < -0.4 is 5.32 Å². The number of fused-ring (bicyclic) bond motifs is 1. The number of amides is 1. The first-order chi connectivity index (χ1) is 12.2. The van der Waals surface area contributed by atoms with Gasteiger partial charge in [-0.05, 0) is 26.7 Å². The number of nitrogens with zero attached hydrogens (tertiary/aromatic N) is 5. The normalized spacial score (nSPS) is 13.3. The van der Waals surface area contributed by atoms with E-state index in [0.717, 1.165) is 5.69 Å². The topological polar surface area (TPSA) is 122 Å². The minimum atomic E-state index is -1.02. The smallest absolute Gasteiger partial charge is 0.310 e. The molecule has 0 radical (unpaired) electrons. The fourth-order valence-corrected chi connectivity index (χ4v) is 2.38. The molecule has 9 heteroatoms. The molecule has 2 aromatic heterocycles. The SMILES string of the molecule is Cc1nc2ncnn2c(C)c1CC(=O)OCC(=O)N[C@@](C)(C#N)C(C)C. The van der Waals surface area contributed by atoms with E-state index in [1.165, 1.54) is 6.33 Å². The van der Waals surface area contributed by atoms with Crippen molar-refractivity contribution in [2.24, 2.45) is 5.92 Å². The molecular formula is C17H22N6O3. The lowest BCUT2D eigenvalue weighted by Crippen LogP contribution is -2.50. The van der Waals surface area contributed by atoms with Crippen molar-refractivity contribution in [3.05, 3.63) is 23.3 Å². The standard InChI is InChI=1S/C17H22N6O3/c1-10(2)17(5,8-18)22-14(24)7-26-15(25)6-13-11(3)21-16-19-9-20-23(16)12(13)4/h9-10H,6-7H2,1-5H3,(H,22,24)/t17-/m0/s1. The zero-order valence-corrected chi connectivity index (χ0v) is 15.5. The first-order valence-corrected chi connectivity index (χ1v) is 8.21. The molecule has 0 aliphatic carbocycles. The molecule has 2 aromatic rings. The molecule has 1 atom stereocenters. The third-order valence-corrected chi connectivity index (χ3v) is 4.46. The van der Waals surface area contributed by atoms with Gasteiger partial charge >= 0.3 is 5.97 Å². The van der Waals surface area contributed by atoms with E-state index >= 15 is 0 Å². The number of nitriles is 1. The second-order valence-corrected chi connectivity index (χ2v) is 6.59. The van der Waals surface area contributed by atoms with Crippen LogP contribution in [0.5, 0.6) is 0 Å². The number of carbonyl (C=O) groups is 2. The van der Waals surface area contributed by atoms with Crippen LogP contribution in [0.3, 0.4) is 0 Å². The van der Waals surface area contributed by atoms with Crippen LogP contribution in [0.4, 0.5) is 0 Å². The summed E-state index contributed by atoms with van der Waals surface area (Å²) in [6.07, 6.45) is 1.36. The van der Waals surface area contributed by atoms with E-state index < -0.39 is 24.0 Å². The van der Waals surface area contributed by atoms with Gasteiger partial charge in [0, 0.05) is 17.0 Å². The molecule has 0 spiro atoms. The molecule has 1 amide bonds. The van der Waals surface area contributed by atoms with Crippen LogP contribution in [0.25, 0.3) is 5.78 Å². The van der Waals surface area contributed by atoms with Crippen LogP contribution in [0.2, 0.25) is 0 Å². The van der Waals surface area contributed by atoms with Crippen molar-refractivity contribution in [1.29, 1.82) is 5.26 Å². The Labute approximate surface area is 151 Å². The minimum absolute atomic E-state index is 0.0343. The predicted octanol–water partition coefficient (Wildman–Crippen LogP) is 0.881. The van der Waals surface area contributed by atoms with Gasteiger partial charge in [0.15, 0.2) is 6.61 Å². The first-order valence-electron chi connectivity index (χ1n) is 8.21. The van der Waals surface area contributed by atoms with Crippen molar-refractivity contribution in [3.63, 3.8) is 0 Å². The lowest BCUT2D eigenvalue weighted by molar-refractivity contribution is -0.148. The third kappa shape index (κ3) is 3.96. The minimum Gasteiger partial charge on any atom is -0.455 e. The maximum atomic E-state index is 12.1. The van der Waals surface area contributed by atoms with E-state index in [4.69, 9.17) is 4.74 Å². The summed E-state index contributed by atoms with van der Waals surface area (Å²) >= 11 is 0. The molecule has 0 fully saturated rings. The van der Waals surface area contributed by atoms with Gasteiger partial charge < -0.3 is 10.1 Å². The average molecular weight is 358 g/mol. The zero-order valence-electron chi connectivity index (χ0n) is 15.5. The summed E-state index contributed by atoms with van der Waals surface area (Å²) in [4.78, 5) is 32.4. The molecule has 1 N–H and O–H groups in total. The van der Waals surface area contributed by atoms with Gasteiger partial charge in [-0.15, -0.1) is 0 Å². The summed E-state index contributed by atoms with van der Waals surface area (Å²) in [6, 6.07) is 2.07. The Balaban J connectivity index is 2.00. The molecule has 0 saturated carbocycles. The number of esters is 1. The molecule has 9 nitrogen and oxygen atoms in total. The van der Waals surface area contributed by atoms with E-state index in [2.05, 4.69) is 26.5 Å². The maximum Gasteiger partial charge on any atom is 0.310 e. The van der Waals surface area contributed by atoms with Crippen molar-refractivity contribution in [2.75, 3.05) is 6.61 Å². The number of hydrogen-bond acceptors (Lipinski definition) is 7. The van der Waals surface area contributed by atoms with Gasteiger partial charge in [-0.2, -0.15) is 15.3 Å². The van der Waals surface area contributed by atoms with Crippen molar-refractivity contribution >= 4 is 17.7 Å². The number of ether oxygens (including phenoxy) is 1. The highest BCUT2D eigenvalue weighted by Gasteiger charge is 2.30. The molecule has 138 valence electrons. The summed E-state index contributed by atoms with van der Waals surface area (Å²) in [7, 11) is 0. The molecule has 0 saturated heterocycles. The molecule has 0 bridgehead atoms. The second-order valence-electron chi connectivity index (χ2n) is 6.59. The van der Waals surface area contributed by atoms with Gasteiger partial charge in [-0.25, -0.2) is 9.50 Å². The summed E-state index contributed by atoms with van der Waals surface area (Å²) in [5.41, 5.74) is 1.06. The Kier molecular flexibility index (Phi) is 5.55. The maximum absolute atomic E-state index is 12.1. The number of aryl methyl sites for hydroxylation is 2. The van der Waals surface area contributed by atoms with Gasteiger partial charge in [0.1, 0.15) is 11.9 Å². The largest absolute Gasteiger partial charge is 0.455 e. The second kappa shape index (κ2) is 7.47. The number of nitrogens with one attached hydrogen (secondary N) is 1. The van der Waals surface area contributed by atoms with Gasteiger partial charge in [-0.1, -0.05) is 13.8 Å². The van der Waals surface area contributed by atoms with E-state index in [9.17, 15) is 14.9 Å². The Bertz CT molecular complexity index is 882. The summed E-state index contributed by atoms with van der Waals surface area (Å²) < 4.78 is 6.59. The molecule has 2 rings (SSSR count). The average Bonchev–Trinajstić information content (AvgIpc) is 3.04. The van der Waals surface area contributed by atoms with Crippen molar-refractivity contribution in [2.45, 2.75) is 46.6 Å². The monoisotopic (exact) mass is 358 g/mol. The van der Waals surface area contributed by atoms with E-state index in [1.807, 2.05) is 20.8 Å². The van der Waals surface area contributed by atoms with Crippen molar-refractivity contribution < 1.29 is 14.3 Å². The quantitative estimate of drug-likeness (QED) is 0.761. The van der Waals surface area contributed by atoms with Crippen LogP contribution in [-0.4, -0.2) is 43.6 Å². The molecule has 0 aromatic carbocycles. The van der Waals surface area contributed by atoms with Crippen molar-refractivity contribution in [1.82, 2.24) is 24.9 Å². The first kappa shape index (κ1) is 19.3. The third-order valence-electron chi connectivity index (χ3n) is 4.46. The van der Waals surface area contributed by atoms with E-state index in [1.54, 1.807) is 18.4 Å². The molecule has 0 aliphatic heterocycles. The van der Waals surface area contributed by atoms with Gasteiger partial charge in [0.25, 0.3) is 11.7 Å². The Morgan fingerprint density at radius 3 is 2.73 bits per heavy atom. The zero-order chi connectivity index (χ0) is 19.5. The van der Waals surface area contributed by atoms with E-state index in [0.29, 0.717) is 17.0 Å². The summed E-state index contributed by atoms with van der Waals surface area (Å²) in [5, 5.41) is 15.9. The molecule has 0 aliphatic rings. The lowest BCUT2D eigenvalue weighted by Gasteiger charge is -2.27. The number of hydrogen-bond donors (Lipinski definition) is 1. The lowest BCUT2D eigenvalue weighted by atomic mass is 9.90. The van der Waals surface area contributed by atoms with Crippen LogP contribution in [0, 0.1) is 31.1 Å².